The summed E-state index contributed by atoms with van der Waals surface area (Å²) in [5, 5.41) is 3.59. The fourth-order valence-corrected chi connectivity index (χ4v) is 2.95. The second-order valence-corrected chi connectivity index (χ2v) is 4.72. The molecule has 3 unspecified atom stereocenters. The molecule has 1 heterocycles. The quantitative estimate of drug-likeness (QED) is 0.635. The average molecular weight is 167 g/mol. The van der Waals surface area contributed by atoms with Gasteiger partial charge in [-0.1, -0.05) is 26.2 Å². The van der Waals surface area contributed by atoms with E-state index >= 15 is 0 Å². The second kappa shape index (κ2) is 3.02. The highest BCUT2D eigenvalue weighted by Crippen LogP contribution is 2.61. The third kappa shape index (κ3) is 1.19. The van der Waals surface area contributed by atoms with Gasteiger partial charge >= 0.3 is 0 Å². The molecule has 0 aromatic carbocycles. The molecule has 0 aromatic heterocycles. The van der Waals surface area contributed by atoms with Crippen LogP contribution in [0, 0.1) is 11.3 Å². The van der Waals surface area contributed by atoms with Gasteiger partial charge in [0.15, 0.2) is 0 Å². The Labute approximate surface area is 75.9 Å². The van der Waals surface area contributed by atoms with E-state index in [-0.39, 0.29) is 0 Å². The van der Waals surface area contributed by atoms with E-state index in [1.54, 1.807) is 0 Å². The van der Waals surface area contributed by atoms with Crippen molar-refractivity contribution in [2.24, 2.45) is 11.3 Å². The summed E-state index contributed by atoms with van der Waals surface area (Å²) >= 11 is 0. The molecule has 1 aliphatic heterocycles. The van der Waals surface area contributed by atoms with E-state index in [0.29, 0.717) is 0 Å². The van der Waals surface area contributed by atoms with E-state index in [1.807, 2.05) is 0 Å². The van der Waals surface area contributed by atoms with Crippen molar-refractivity contribution < 1.29 is 0 Å². The molecular weight excluding hydrogens is 146 g/mol. The highest BCUT2D eigenvalue weighted by molar-refractivity contribution is 5.13. The number of rotatable bonds is 4. The Bertz CT molecular complexity index is 166. The molecule has 2 fully saturated rings. The maximum Gasteiger partial charge on any atom is 0.00985 e. The van der Waals surface area contributed by atoms with E-state index in [0.717, 1.165) is 17.4 Å². The van der Waals surface area contributed by atoms with Gasteiger partial charge in [0.25, 0.3) is 0 Å². The predicted molar refractivity (Wildman–Crippen MR) is 52.1 cm³/mol. The minimum Gasteiger partial charge on any atom is -0.313 e. The van der Waals surface area contributed by atoms with E-state index in [2.05, 4.69) is 19.2 Å². The maximum atomic E-state index is 3.59. The van der Waals surface area contributed by atoms with Crippen LogP contribution in [0.4, 0.5) is 0 Å². The van der Waals surface area contributed by atoms with Gasteiger partial charge in [-0.15, -0.1) is 0 Å². The van der Waals surface area contributed by atoms with Crippen LogP contribution in [0.2, 0.25) is 0 Å². The average Bonchev–Trinajstić information content (AvgIpc) is 2.70. The van der Waals surface area contributed by atoms with Crippen molar-refractivity contribution in [3.8, 4) is 0 Å². The van der Waals surface area contributed by atoms with Crippen molar-refractivity contribution in [1.82, 2.24) is 5.32 Å². The fraction of sp³-hybridized carbons (Fsp3) is 1.00. The van der Waals surface area contributed by atoms with Crippen LogP contribution in [0.3, 0.4) is 0 Å². The van der Waals surface area contributed by atoms with Crippen molar-refractivity contribution in [2.75, 3.05) is 6.54 Å². The number of hydrogen-bond donors (Lipinski definition) is 1. The highest BCUT2D eigenvalue weighted by atomic mass is 15.0. The lowest BCUT2D eigenvalue weighted by molar-refractivity contribution is 0.363. The first-order valence-electron chi connectivity index (χ1n) is 5.53. The Hall–Kier alpha value is -0.0400. The molecule has 1 aliphatic carbocycles. The normalized spacial score (nSPS) is 44.5. The zero-order valence-electron chi connectivity index (χ0n) is 8.40. The maximum absolute atomic E-state index is 3.59. The summed E-state index contributed by atoms with van der Waals surface area (Å²) in [6, 6.07) is 0.805. The van der Waals surface area contributed by atoms with Crippen molar-refractivity contribution in [3.05, 3.63) is 0 Å². The van der Waals surface area contributed by atoms with Gasteiger partial charge in [-0.3, -0.25) is 0 Å². The zero-order valence-corrected chi connectivity index (χ0v) is 8.40. The molecule has 0 spiro atoms. The lowest BCUT2D eigenvalue weighted by Gasteiger charge is -2.18. The molecule has 0 aromatic rings. The molecule has 2 aliphatic rings. The minimum atomic E-state index is 0.759. The number of piperidine rings is 1. The van der Waals surface area contributed by atoms with Crippen LogP contribution in [-0.4, -0.2) is 12.6 Å². The van der Waals surface area contributed by atoms with Crippen molar-refractivity contribution in [2.45, 2.75) is 52.0 Å². The largest absolute Gasteiger partial charge is 0.313 e. The molecule has 0 bridgehead atoms. The van der Waals surface area contributed by atoms with Crippen LogP contribution >= 0.6 is 0 Å². The Kier molecular flexibility index (Phi) is 2.16. The van der Waals surface area contributed by atoms with Gasteiger partial charge in [0.1, 0.15) is 0 Å². The van der Waals surface area contributed by atoms with Crippen molar-refractivity contribution >= 4 is 0 Å². The number of fused-ring (bicyclic) bond motifs is 1. The van der Waals surface area contributed by atoms with Crippen molar-refractivity contribution in [3.63, 3.8) is 0 Å². The standard InChI is InChI=1S/C11H21N/c1-3-4-5-6-11-7-10(11)8-12-9(11)2/h9-10,12H,3-8H2,1-2H3. The van der Waals surface area contributed by atoms with E-state index < -0.39 is 0 Å². The molecular formula is C11H21N. The summed E-state index contributed by atoms with van der Waals surface area (Å²) in [5.74, 6) is 1.05. The van der Waals surface area contributed by atoms with Crippen molar-refractivity contribution in [1.29, 1.82) is 0 Å². The Morgan fingerprint density at radius 2 is 2.25 bits per heavy atom. The van der Waals surface area contributed by atoms with Gasteiger partial charge in [-0.2, -0.15) is 0 Å². The molecule has 2 rings (SSSR count). The summed E-state index contributed by atoms with van der Waals surface area (Å²) in [6.07, 6.45) is 7.26. The summed E-state index contributed by atoms with van der Waals surface area (Å²) in [7, 11) is 0. The molecule has 1 nitrogen and oxygen atoms in total. The molecule has 1 heteroatoms. The lowest BCUT2D eigenvalue weighted by Crippen LogP contribution is -2.28. The molecule has 0 amide bonds. The number of unbranched alkanes of at least 4 members (excludes halogenated alkanes) is 2. The fourth-order valence-electron chi connectivity index (χ4n) is 2.95. The Morgan fingerprint density at radius 1 is 1.42 bits per heavy atom. The first-order valence-corrected chi connectivity index (χ1v) is 5.53. The smallest absolute Gasteiger partial charge is 0.00985 e. The minimum absolute atomic E-state index is 0.759. The molecule has 70 valence electrons. The lowest BCUT2D eigenvalue weighted by atomic mass is 9.91. The zero-order chi connectivity index (χ0) is 8.60. The third-order valence-electron chi connectivity index (χ3n) is 4.06. The number of nitrogens with one attached hydrogen (secondary N) is 1. The van der Waals surface area contributed by atoms with Gasteiger partial charge in [0.05, 0.1) is 0 Å². The Balaban J connectivity index is 1.80. The molecule has 1 saturated heterocycles. The van der Waals surface area contributed by atoms with E-state index in [4.69, 9.17) is 0 Å². The number of hydrogen-bond acceptors (Lipinski definition) is 1. The van der Waals surface area contributed by atoms with Gasteiger partial charge in [0.2, 0.25) is 0 Å². The summed E-state index contributed by atoms with van der Waals surface area (Å²) < 4.78 is 0. The molecule has 3 atom stereocenters. The summed E-state index contributed by atoms with van der Waals surface area (Å²) in [4.78, 5) is 0. The second-order valence-electron chi connectivity index (χ2n) is 4.72. The summed E-state index contributed by atoms with van der Waals surface area (Å²) in [6.45, 7) is 5.96. The van der Waals surface area contributed by atoms with E-state index in [9.17, 15) is 0 Å². The van der Waals surface area contributed by atoms with Gasteiger partial charge in [-0.05, 0) is 37.6 Å². The summed E-state index contributed by atoms with van der Waals surface area (Å²) in [5.41, 5.74) is 0.759. The van der Waals surface area contributed by atoms with Gasteiger partial charge in [0, 0.05) is 6.04 Å². The highest BCUT2D eigenvalue weighted by Gasteiger charge is 2.60. The first kappa shape index (κ1) is 8.55. The third-order valence-corrected chi connectivity index (χ3v) is 4.06. The SMILES string of the molecule is CCCCCC12CC1CNC2C. The van der Waals surface area contributed by atoms with Gasteiger partial charge in [-0.25, -0.2) is 0 Å². The van der Waals surface area contributed by atoms with E-state index in [1.165, 1.54) is 38.6 Å². The van der Waals surface area contributed by atoms with Gasteiger partial charge < -0.3 is 5.32 Å². The van der Waals surface area contributed by atoms with Crippen LogP contribution in [0.15, 0.2) is 0 Å². The van der Waals surface area contributed by atoms with Crippen LogP contribution in [0.5, 0.6) is 0 Å². The molecule has 1 saturated carbocycles. The molecule has 0 radical (unpaired) electrons. The first-order chi connectivity index (χ1) is 5.79. The van der Waals surface area contributed by atoms with Crippen LogP contribution < -0.4 is 5.32 Å². The monoisotopic (exact) mass is 167 g/mol. The van der Waals surface area contributed by atoms with Crippen LogP contribution in [-0.2, 0) is 0 Å². The predicted octanol–water partition coefficient (Wildman–Crippen LogP) is 2.56. The molecule has 1 N–H and O–H groups in total. The molecule has 12 heavy (non-hydrogen) atoms. The Morgan fingerprint density at radius 3 is 2.75 bits per heavy atom. The topological polar surface area (TPSA) is 12.0 Å². The van der Waals surface area contributed by atoms with Crippen LogP contribution in [0.1, 0.15) is 46.0 Å². The van der Waals surface area contributed by atoms with Crippen LogP contribution in [0.25, 0.3) is 0 Å².